The van der Waals surface area contributed by atoms with Gasteiger partial charge in [-0.15, -0.1) is 0 Å². The topological polar surface area (TPSA) is 84.4 Å². The van der Waals surface area contributed by atoms with Crippen molar-refractivity contribution in [3.63, 3.8) is 0 Å². The van der Waals surface area contributed by atoms with Gasteiger partial charge in [0.05, 0.1) is 12.3 Å². The fourth-order valence-electron chi connectivity index (χ4n) is 3.24. The summed E-state index contributed by atoms with van der Waals surface area (Å²) < 4.78 is 56.6. The Kier molecular flexibility index (Phi) is 5.36. The standard InChI is InChI=1S/C20H16F4N4O3/c21-13-3-1-12(2-4-13)15-7-8-27(11-16(15)29)18-9-25-28(19(30)26-18)10-14-5-6-17(31-14)20(22,23)24/h1-7,9,16,29H,8,10-11H2. The minimum atomic E-state index is -4.62. The summed E-state index contributed by atoms with van der Waals surface area (Å²) in [5.41, 5.74) is 0.549. The van der Waals surface area contributed by atoms with E-state index in [1.807, 2.05) is 0 Å². The van der Waals surface area contributed by atoms with Crippen LogP contribution in [0.4, 0.5) is 23.4 Å². The third kappa shape index (κ3) is 4.50. The van der Waals surface area contributed by atoms with Gasteiger partial charge in [0.1, 0.15) is 18.1 Å². The summed E-state index contributed by atoms with van der Waals surface area (Å²) in [6, 6.07) is 7.64. The van der Waals surface area contributed by atoms with E-state index in [1.54, 1.807) is 23.1 Å². The molecule has 1 aliphatic rings. The number of halogens is 4. The van der Waals surface area contributed by atoms with Crippen LogP contribution in [0.25, 0.3) is 5.57 Å². The van der Waals surface area contributed by atoms with Crippen molar-refractivity contribution in [2.45, 2.75) is 18.8 Å². The van der Waals surface area contributed by atoms with Crippen molar-refractivity contribution in [1.82, 2.24) is 14.8 Å². The number of aliphatic hydroxyl groups is 1. The van der Waals surface area contributed by atoms with Crippen LogP contribution in [0.2, 0.25) is 0 Å². The SMILES string of the molecule is O=c1nc(N2CC=C(c3ccc(F)cc3)C(O)C2)cnn1Cc1ccc(C(F)(F)F)o1. The lowest BCUT2D eigenvalue weighted by Crippen LogP contribution is -2.39. The van der Waals surface area contributed by atoms with Gasteiger partial charge < -0.3 is 14.4 Å². The number of furan rings is 1. The molecule has 1 N–H and O–H groups in total. The molecule has 0 fully saturated rings. The molecule has 1 atom stereocenters. The number of benzene rings is 1. The lowest BCUT2D eigenvalue weighted by molar-refractivity contribution is -0.153. The van der Waals surface area contributed by atoms with Crippen molar-refractivity contribution < 1.29 is 27.1 Å². The van der Waals surface area contributed by atoms with Gasteiger partial charge in [-0.05, 0) is 35.4 Å². The molecular formula is C20H16F4N4O3. The van der Waals surface area contributed by atoms with Crippen molar-refractivity contribution in [1.29, 1.82) is 0 Å². The molecule has 1 unspecified atom stereocenters. The number of rotatable bonds is 4. The maximum absolute atomic E-state index is 13.1. The van der Waals surface area contributed by atoms with E-state index in [-0.39, 0.29) is 30.5 Å². The smallest absolute Gasteiger partial charge is 0.449 e. The Morgan fingerprint density at radius 1 is 1.16 bits per heavy atom. The van der Waals surface area contributed by atoms with Gasteiger partial charge >= 0.3 is 11.9 Å². The molecule has 2 aromatic heterocycles. The van der Waals surface area contributed by atoms with Gasteiger partial charge in [-0.25, -0.2) is 13.9 Å². The fourth-order valence-corrected chi connectivity index (χ4v) is 3.24. The van der Waals surface area contributed by atoms with Gasteiger partial charge in [0, 0.05) is 13.1 Å². The number of nitrogens with zero attached hydrogens (tertiary/aromatic N) is 4. The minimum absolute atomic E-state index is 0.0863. The van der Waals surface area contributed by atoms with Crippen LogP contribution in [0.5, 0.6) is 0 Å². The molecule has 1 aliphatic heterocycles. The number of hydrogen-bond acceptors (Lipinski definition) is 6. The van der Waals surface area contributed by atoms with Gasteiger partial charge in [-0.2, -0.15) is 23.3 Å². The molecule has 0 saturated carbocycles. The predicted molar refractivity (Wildman–Crippen MR) is 102 cm³/mol. The molecule has 0 aliphatic carbocycles. The normalized spacial score (nSPS) is 17.0. The van der Waals surface area contributed by atoms with E-state index >= 15 is 0 Å². The van der Waals surface area contributed by atoms with E-state index in [4.69, 9.17) is 4.42 Å². The van der Waals surface area contributed by atoms with Crippen molar-refractivity contribution in [2.75, 3.05) is 18.0 Å². The molecule has 31 heavy (non-hydrogen) atoms. The van der Waals surface area contributed by atoms with Gasteiger partial charge in [-0.1, -0.05) is 18.2 Å². The first-order chi connectivity index (χ1) is 14.7. The summed E-state index contributed by atoms with van der Waals surface area (Å²) in [6.07, 6.45) is -2.48. The number of alkyl halides is 3. The molecule has 3 aromatic rings. The summed E-state index contributed by atoms with van der Waals surface area (Å²) >= 11 is 0. The van der Waals surface area contributed by atoms with Crippen LogP contribution in [0.15, 0.2) is 57.9 Å². The molecular weight excluding hydrogens is 420 g/mol. The van der Waals surface area contributed by atoms with Gasteiger partial charge in [-0.3, -0.25) is 0 Å². The molecule has 0 radical (unpaired) electrons. The highest BCUT2D eigenvalue weighted by molar-refractivity contribution is 5.71. The molecule has 7 nitrogen and oxygen atoms in total. The molecule has 0 amide bonds. The van der Waals surface area contributed by atoms with E-state index < -0.39 is 23.7 Å². The molecule has 1 aromatic carbocycles. The van der Waals surface area contributed by atoms with Crippen LogP contribution in [0.1, 0.15) is 17.1 Å². The number of aliphatic hydroxyl groups excluding tert-OH is 1. The fraction of sp³-hybridized carbons (Fsp3) is 0.250. The third-order valence-corrected chi connectivity index (χ3v) is 4.78. The number of β-amino-alcohol motifs (C(OH)–C–C–N with tert-alkyl or cyclic N) is 1. The van der Waals surface area contributed by atoms with Crippen molar-refractivity contribution >= 4 is 11.4 Å². The zero-order valence-electron chi connectivity index (χ0n) is 15.9. The molecule has 162 valence electrons. The van der Waals surface area contributed by atoms with Gasteiger partial charge in [0.25, 0.3) is 0 Å². The highest BCUT2D eigenvalue weighted by atomic mass is 19.4. The number of aromatic nitrogens is 3. The van der Waals surface area contributed by atoms with Crippen LogP contribution >= 0.6 is 0 Å². The van der Waals surface area contributed by atoms with E-state index in [0.717, 1.165) is 16.8 Å². The summed E-state index contributed by atoms with van der Waals surface area (Å²) in [5, 5.41) is 14.4. The average Bonchev–Trinajstić information content (AvgIpc) is 3.19. The largest absolute Gasteiger partial charge is 0.455 e. The molecule has 11 heteroatoms. The summed E-state index contributed by atoms with van der Waals surface area (Å²) in [6.45, 7) is 0.156. The second-order valence-electron chi connectivity index (χ2n) is 6.91. The highest BCUT2D eigenvalue weighted by Gasteiger charge is 2.34. The Bertz CT molecular complexity index is 1170. The molecule has 4 rings (SSSR count). The molecule has 3 heterocycles. The maximum Gasteiger partial charge on any atom is 0.449 e. The van der Waals surface area contributed by atoms with E-state index in [9.17, 15) is 27.5 Å². The van der Waals surface area contributed by atoms with Crippen molar-refractivity contribution in [2.24, 2.45) is 0 Å². The molecule has 0 spiro atoms. The van der Waals surface area contributed by atoms with E-state index in [1.165, 1.54) is 18.3 Å². The first-order valence-corrected chi connectivity index (χ1v) is 9.20. The third-order valence-electron chi connectivity index (χ3n) is 4.78. The highest BCUT2D eigenvalue weighted by Crippen LogP contribution is 2.30. The molecule has 0 saturated heterocycles. The van der Waals surface area contributed by atoms with Crippen molar-refractivity contribution in [3.8, 4) is 0 Å². The first-order valence-electron chi connectivity index (χ1n) is 9.20. The Hall–Kier alpha value is -3.47. The zero-order chi connectivity index (χ0) is 22.2. The Morgan fingerprint density at radius 2 is 1.90 bits per heavy atom. The second kappa shape index (κ2) is 7.99. The Balaban J connectivity index is 1.49. The monoisotopic (exact) mass is 436 g/mol. The number of hydrogen-bond donors (Lipinski definition) is 1. The van der Waals surface area contributed by atoms with E-state index in [0.29, 0.717) is 17.7 Å². The number of anilines is 1. The van der Waals surface area contributed by atoms with Gasteiger partial charge in [0.15, 0.2) is 5.82 Å². The van der Waals surface area contributed by atoms with Crippen LogP contribution in [-0.2, 0) is 12.7 Å². The summed E-state index contributed by atoms with van der Waals surface area (Å²) in [7, 11) is 0. The van der Waals surface area contributed by atoms with Gasteiger partial charge in [0.2, 0.25) is 5.76 Å². The minimum Gasteiger partial charge on any atom is -0.455 e. The quantitative estimate of drug-likeness (QED) is 0.634. The second-order valence-corrected chi connectivity index (χ2v) is 6.91. The predicted octanol–water partition coefficient (Wildman–Crippen LogP) is 2.70. The lowest BCUT2D eigenvalue weighted by Gasteiger charge is -2.31. The van der Waals surface area contributed by atoms with Crippen LogP contribution in [-0.4, -0.2) is 39.1 Å². The first kappa shape index (κ1) is 20.8. The summed E-state index contributed by atoms with van der Waals surface area (Å²) in [5.74, 6) is -1.41. The lowest BCUT2D eigenvalue weighted by atomic mass is 9.97. The Morgan fingerprint density at radius 3 is 2.52 bits per heavy atom. The molecule has 0 bridgehead atoms. The van der Waals surface area contributed by atoms with Crippen LogP contribution < -0.4 is 10.6 Å². The summed E-state index contributed by atoms with van der Waals surface area (Å²) in [4.78, 5) is 17.8. The van der Waals surface area contributed by atoms with Crippen LogP contribution in [0.3, 0.4) is 0 Å². The maximum atomic E-state index is 13.1. The van der Waals surface area contributed by atoms with Crippen LogP contribution in [0, 0.1) is 5.82 Å². The Labute approximate surface area is 172 Å². The van der Waals surface area contributed by atoms with Crippen molar-refractivity contribution in [3.05, 3.63) is 82.1 Å². The zero-order valence-corrected chi connectivity index (χ0v) is 15.9. The van der Waals surface area contributed by atoms with E-state index in [2.05, 4.69) is 10.1 Å². The average molecular weight is 436 g/mol.